The number of thiazole rings is 1. The summed E-state index contributed by atoms with van der Waals surface area (Å²) in [5.74, 6) is 1.31. The number of aryl methyl sites for hydroxylation is 2. The van der Waals surface area contributed by atoms with Crippen molar-refractivity contribution < 1.29 is 14.3 Å². The number of fused-ring (bicyclic) bond motifs is 1. The van der Waals surface area contributed by atoms with Gasteiger partial charge in [-0.05, 0) is 68.7 Å². The molecule has 0 unspecified atom stereocenters. The Kier molecular flexibility index (Phi) is 5.42. The maximum Gasteiger partial charge on any atom is 0.264 e. The minimum absolute atomic E-state index is 0.0517. The number of carbonyl (C=O) groups excluding carboxylic acids is 1. The standard InChI is InChI=1S/C20H22N2O3S/c1-5-24-15-6-7-16-18(10-15)26-20(21-16)22-19(23)11-25-17-9-12(2)8-13(3)14(17)4/h6-10H,5,11H2,1-4H3,(H,21,22,23). The van der Waals surface area contributed by atoms with Gasteiger partial charge in [0.2, 0.25) is 0 Å². The lowest BCUT2D eigenvalue weighted by molar-refractivity contribution is -0.118. The van der Waals surface area contributed by atoms with Crippen molar-refractivity contribution in [3.63, 3.8) is 0 Å². The van der Waals surface area contributed by atoms with Crippen molar-refractivity contribution in [2.45, 2.75) is 27.7 Å². The lowest BCUT2D eigenvalue weighted by Crippen LogP contribution is -2.20. The average Bonchev–Trinajstić information content (AvgIpc) is 2.98. The van der Waals surface area contributed by atoms with Crippen LogP contribution in [0.2, 0.25) is 0 Å². The Labute approximate surface area is 157 Å². The highest BCUT2D eigenvalue weighted by Gasteiger charge is 2.11. The first-order valence-electron chi connectivity index (χ1n) is 8.50. The van der Waals surface area contributed by atoms with Gasteiger partial charge in [-0.2, -0.15) is 0 Å². The molecule has 0 saturated carbocycles. The highest BCUT2D eigenvalue weighted by atomic mass is 32.1. The van der Waals surface area contributed by atoms with Gasteiger partial charge in [-0.15, -0.1) is 0 Å². The van der Waals surface area contributed by atoms with Gasteiger partial charge in [-0.25, -0.2) is 4.98 Å². The summed E-state index contributed by atoms with van der Waals surface area (Å²) in [4.78, 5) is 16.6. The summed E-state index contributed by atoms with van der Waals surface area (Å²) >= 11 is 1.42. The first kappa shape index (κ1) is 18.2. The van der Waals surface area contributed by atoms with Crippen LogP contribution in [0.4, 0.5) is 5.13 Å². The molecule has 0 aliphatic carbocycles. The highest BCUT2D eigenvalue weighted by molar-refractivity contribution is 7.22. The predicted octanol–water partition coefficient (Wildman–Crippen LogP) is 4.64. The van der Waals surface area contributed by atoms with Crippen molar-refractivity contribution in [3.8, 4) is 11.5 Å². The number of nitrogens with one attached hydrogen (secondary N) is 1. The number of aromatic nitrogens is 1. The van der Waals surface area contributed by atoms with Gasteiger partial charge in [-0.1, -0.05) is 17.4 Å². The Hall–Kier alpha value is -2.60. The van der Waals surface area contributed by atoms with Crippen LogP contribution in [0, 0.1) is 20.8 Å². The highest BCUT2D eigenvalue weighted by Crippen LogP contribution is 2.29. The molecule has 3 rings (SSSR count). The number of anilines is 1. The SMILES string of the molecule is CCOc1ccc2nc(NC(=O)COc3cc(C)cc(C)c3C)sc2c1. The van der Waals surface area contributed by atoms with Crippen LogP contribution in [0.5, 0.6) is 11.5 Å². The molecule has 0 saturated heterocycles. The number of carbonyl (C=O) groups is 1. The fraction of sp³-hybridized carbons (Fsp3) is 0.300. The number of nitrogens with zero attached hydrogens (tertiary/aromatic N) is 1. The monoisotopic (exact) mass is 370 g/mol. The molecular weight excluding hydrogens is 348 g/mol. The van der Waals surface area contributed by atoms with E-state index in [1.54, 1.807) is 0 Å². The van der Waals surface area contributed by atoms with E-state index in [2.05, 4.69) is 16.4 Å². The van der Waals surface area contributed by atoms with Crippen LogP contribution >= 0.6 is 11.3 Å². The largest absolute Gasteiger partial charge is 0.494 e. The predicted molar refractivity (Wildman–Crippen MR) is 106 cm³/mol. The molecule has 0 bridgehead atoms. The van der Waals surface area contributed by atoms with E-state index in [0.29, 0.717) is 11.7 Å². The number of ether oxygens (including phenoxy) is 2. The lowest BCUT2D eigenvalue weighted by atomic mass is 10.1. The van der Waals surface area contributed by atoms with Crippen molar-refractivity contribution in [3.05, 3.63) is 47.0 Å². The average molecular weight is 370 g/mol. The molecule has 0 spiro atoms. The third kappa shape index (κ3) is 4.14. The first-order valence-corrected chi connectivity index (χ1v) is 9.32. The maximum absolute atomic E-state index is 12.2. The number of amides is 1. The summed E-state index contributed by atoms with van der Waals surface area (Å²) in [6, 6.07) is 9.75. The van der Waals surface area contributed by atoms with E-state index in [4.69, 9.17) is 9.47 Å². The Bertz CT molecular complexity index is 950. The molecule has 136 valence electrons. The molecule has 1 heterocycles. The van der Waals surface area contributed by atoms with Gasteiger partial charge in [0.15, 0.2) is 11.7 Å². The van der Waals surface area contributed by atoms with Gasteiger partial charge in [0.05, 0.1) is 16.8 Å². The van der Waals surface area contributed by atoms with Crippen LogP contribution in [0.25, 0.3) is 10.2 Å². The number of hydrogen-bond acceptors (Lipinski definition) is 5. The summed E-state index contributed by atoms with van der Waals surface area (Å²) in [6.45, 7) is 8.54. The second-order valence-corrected chi connectivity index (χ2v) is 7.15. The maximum atomic E-state index is 12.2. The van der Waals surface area contributed by atoms with Gasteiger partial charge >= 0.3 is 0 Å². The van der Waals surface area contributed by atoms with Gasteiger partial charge in [0.1, 0.15) is 11.5 Å². The molecule has 0 fully saturated rings. The van der Waals surface area contributed by atoms with Crippen LogP contribution < -0.4 is 14.8 Å². The van der Waals surface area contributed by atoms with Crippen LogP contribution in [-0.2, 0) is 4.79 Å². The van der Waals surface area contributed by atoms with Crippen LogP contribution in [0.3, 0.4) is 0 Å². The molecule has 2 aromatic carbocycles. The third-order valence-corrected chi connectivity index (χ3v) is 4.97. The first-order chi connectivity index (χ1) is 12.5. The topological polar surface area (TPSA) is 60.5 Å². The Morgan fingerprint density at radius 1 is 1.15 bits per heavy atom. The van der Waals surface area contributed by atoms with Gasteiger partial charge in [0.25, 0.3) is 5.91 Å². The zero-order chi connectivity index (χ0) is 18.7. The molecule has 6 heteroatoms. The minimum atomic E-state index is -0.229. The summed E-state index contributed by atoms with van der Waals surface area (Å²) in [5, 5.41) is 3.36. The second-order valence-electron chi connectivity index (χ2n) is 6.12. The van der Waals surface area contributed by atoms with Gasteiger partial charge in [-0.3, -0.25) is 10.1 Å². The second kappa shape index (κ2) is 7.74. The zero-order valence-electron chi connectivity index (χ0n) is 15.4. The number of hydrogen-bond donors (Lipinski definition) is 1. The fourth-order valence-corrected chi connectivity index (χ4v) is 3.57. The summed E-state index contributed by atoms with van der Waals surface area (Å²) in [7, 11) is 0. The molecule has 1 N–H and O–H groups in total. The molecule has 1 amide bonds. The molecule has 5 nitrogen and oxygen atoms in total. The molecule has 0 aliphatic rings. The smallest absolute Gasteiger partial charge is 0.264 e. The molecule has 0 aliphatic heterocycles. The van der Waals surface area contributed by atoms with Gasteiger partial charge in [0, 0.05) is 0 Å². The van der Waals surface area contributed by atoms with Crippen molar-refractivity contribution >= 4 is 32.6 Å². The fourth-order valence-electron chi connectivity index (χ4n) is 2.66. The van der Waals surface area contributed by atoms with Crippen LogP contribution in [0.15, 0.2) is 30.3 Å². The molecule has 26 heavy (non-hydrogen) atoms. The van der Waals surface area contributed by atoms with E-state index in [1.807, 2.05) is 52.0 Å². The van der Waals surface area contributed by atoms with E-state index < -0.39 is 0 Å². The van der Waals surface area contributed by atoms with Crippen LogP contribution in [-0.4, -0.2) is 24.1 Å². The Balaban J connectivity index is 1.66. The third-order valence-electron chi connectivity index (χ3n) is 4.04. The van der Waals surface area contributed by atoms with Gasteiger partial charge < -0.3 is 9.47 Å². The van der Waals surface area contributed by atoms with E-state index in [0.717, 1.165) is 38.4 Å². The van der Waals surface area contributed by atoms with Crippen LogP contribution in [0.1, 0.15) is 23.6 Å². The van der Waals surface area contributed by atoms with Crippen molar-refractivity contribution in [2.75, 3.05) is 18.5 Å². The minimum Gasteiger partial charge on any atom is -0.494 e. The zero-order valence-corrected chi connectivity index (χ0v) is 16.2. The van der Waals surface area contributed by atoms with E-state index in [1.165, 1.54) is 11.3 Å². The number of rotatable bonds is 6. The van der Waals surface area contributed by atoms with E-state index >= 15 is 0 Å². The Morgan fingerprint density at radius 2 is 1.96 bits per heavy atom. The molecule has 3 aromatic rings. The summed E-state index contributed by atoms with van der Waals surface area (Å²) in [6.07, 6.45) is 0. The molecule has 0 atom stereocenters. The molecule has 0 radical (unpaired) electrons. The van der Waals surface area contributed by atoms with Crippen molar-refractivity contribution in [2.24, 2.45) is 0 Å². The normalized spacial score (nSPS) is 10.8. The quantitative estimate of drug-likeness (QED) is 0.687. The molecule has 1 aromatic heterocycles. The Morgan fingerprint density at radius 3 is 2.73 bits per heavy atom. The number of benzene rings is 2. The van der Waals surface area contributed by atoms with Crippen molar-refractivity contribution in [1.82, 2.24) is 4.98 Å². The molecular formula is C20H22N2O3S. The lowest BCUT2D eigenvalue weighted by Gasteiger charge is -2.11. The van der Waals surface area contributed by atoms with E-state index in [-0.39, 0.29) is 12.5 Å². The van der Waals surface area contributed by atoms with E-state index in [9.17, 15) is 4.79 Å². The summed E-state index contributed by atoms with van der Waals surface area (Å²) < 4.78 is 12.2. The summed E-state index contributed by atoms with van der Waals surface area (Å²) in [5.41, 5.74) is 4.14. The van der Waals surface area contributed by atoms with Crippen molar-refractivity contribution in [1.29, 1.82) is 0 Å².